The molecular formula is C16H21N3O3S. The highest BCUT2D eigenvalue weighted by molar-refractivity contribution is 7.13. The summed E-state index contributed by atoms with van der Waals surface area (Å²) in [4.78, 5) is 24.9. The predicted octanol–water partition coefficient (Wildman–Crippen LogP) is 2.65. The molecule has 23 heavy (non-hydrogen) atoms. The molecule has 7 heteroatoms. The van der Waals surface area contributed by atoms with Crippen molar-refractivity contribution in [2.45, 2.75) is 51.6 Å². The normalized spacial score (nSPS) is 17.1. The minimum Gasteiger partial charge on any atom is -0.387 e. The zero-order valence-corrected chi connectivity index (χ0v) is 14.0. The van der Waals surface area contributed by atoms with Crippen molar-refractivity contribution in [1.29, 1.82) is 0 Å². The van der Waals surface area contributed by atoms with Gasteiger partial charge in [0.1, 0.15) is 0 Å². The van der Waals surface area contributed by atoms with E-state index >= 15 is 0 Å². The molecule has 2 aromatic rings. The van der Waals surface area contributed by atoms with Gasteiger partial charge in [0.25, 0.3) is 5.89 Å². The smallest absolute Gasteiger partial charge is 0.387 e. The Morgan fingerprint density at radius 1 is 1.48 bits per heavy atom. The second-order valence-corrected chi connectivity index (χ2v) is 7.02. The fraction of sp³-hybridized carbons (Fsp3) is 0.562. The first-order chi connectivity index (χ1) is 11.1. The predicted molar refractivity (Wildman–Crippen MR) is 88.3 cm³/mol. The second kappa shape index (κ2) is 7.12. The van der Waals surface area contributed by atoms with Crippen LogP contribution in [0.25, 0.3) is 10.8 Å². The van der Waals surface area contributed by atoms with E-state index in [1.807, 2.05) is 24.4 Å². The Morgan fingerprint density at radius 3 is 2.96 bits per heavy atom. The lowest BCUT2D eigenvalue weighted by Gasteiger charge is -2.23. The zero-order chi connectivity index (χ0) is 16.2. The van der Waals surface area contributed by atoms with Gasteiger partial charge in [0.2, 0.25) is 5.91 Å². The maximum atomic E-state index is 12.2. The molecule has 3 rings (SSSR count). The Hall–Kier alpha value is -1.89. The number of hydrogen-bond acceptors (Lipinski definition) is 5. The first-order valence-electron chi connectivity index (χ1n) is 8.05. The van der Waals surface area contributed by atoms with Gasteiger partial charge in [0.05, 0.1) is 11.4 Å². The van der Waals surface area contributed by atoms with Gasteiger partial charge in [0.15, 0.2) is 0 Å². The summed E-state index contributed by atoms with van der Waals surface area (Å²) in [6, 6.07) is 3.57. The van der Waals surface area contributed by atoms with Crippen LogP contribution in [0.3, 0.4) is 0 Å². The zero-order valence-electron chi connectivity index (χ0n) is 13.2. The van der Waals surface area contributed by atoms with Crippen molar-refractivity contribution >= 4 is 17.2 Å². The summed E-state index contributed by atoms with van der Waals surface area (Å²) >= 11 is 1.47. The van der Waals surface area contributed by atoms with Gasteiger partial charge in [-0.05, 0) is 31.2 Å². The van der Waals surface area contributed by atoms with Gasteiger partial charge in [-0.3, -0.25) is 4.79 Å². The molecule has 2 heterocycles. The number of aromatic nitrogens is 2. The molecule has 6 nitrogen and oxygen atoms in total. The van der Waals surface area contributed by atoms with E-state index in [0.717, 1.165) is 30.6 Å². The highest BCUT2D eigenvalue weighted by Gasteiger charge is 2.23. The van der Waals surface area contributed by atoms with E-state index in [2.05, 4.69) is 10.4 Å². The molecule has 1 saturated carbocycles. The Morgan fingerprint density at radius 2 is 2.26 bits per heavy atom. The van der Waals surface area contributed by atoms with Gasteiger partial charge >= 0.3 is 5.76 Å². The van der Waals surface area contributed by atoms with Gasteiger partial charge in [-0.25, -0.2) is 4.79 Å². The number of amides is 1. The van der Waals surface area contributed by atoms with Crippen molar-refractivity contribution in [3.63, 3.8) is 0 Å². The summed E-state index contributed by atoms with van der Waals surface area (Å²) < 4.78 is 6.45. The van der Waals surface area contributed by atoms with E-state index in [1.165, 1.54) is 22.4 Å². The van der Waals surface area contributed by atoms with Gasteiger partial charge < -0.3 is 9.73 Å². The molecule has 0 bridgehead atoms. The largest absolute Gasteiger partial charge is 0.437 e. The molecule has 1 amide bonds. The minimum atomic E-state index is -0.493. The van der Waals surface area contributed by atoms with E-state index in [4.69, 9.17) is 4.42 Å². The number of rotatable bonds is 5. The van der Waals surface area contributed by atoms with E-state index in [9.17, 15) is 9.59 Å². The van der Waals surface area contributed by atoms with Crippen LogP contribution in [0, 0.1) is 5.92 Å². The van der Waals surface area contributed by atoms with Gasteiger partial charge in [-0.2, -0.15) is 4.68 Å². The summed E-state index contributed by atoms with van der Waals surface area (Å²) in [7, 11) is 0. The minimum absolute atomic E-state index is 0.0900. The SMILES string of the molecule is C[C@@H](Cn1nc(-c2cccs2)oc1=O)NC(=O)C1CCCCC1. The molecule has 0 aromatic carbocycles. The molecule has 0 aliphatic heterocycles. The van der Waals surface area contributed by atoms with Crippen LogP contribution < -0.4 is 11.1 Å². The quantitative estimate of drug-likeness (QED) is 0.911. The first-order valence-corrected chi connectivity index (χ1v) is 8.93. The third-order valence-electron chi connectivity index (χ3n) is 4.15. The van der Waals surface area contributed by atoms with Crippen molar-refractivity contribution < 1.29 is 9.21 Å². The molecule has 1 aliphatic carbocycles. The molecule has 0 saturated heterocycles. The number of carbonyl (C=O) groups excluding carboxylic acids is 1. The lowest BCUT2D eigenvalue weighted by Crippen LogP contribution is -2.41. The summed E-state index contributed by atoms with van der Waals surface area (Å²) in [6.07, 6.45) is 5.40. The molecule has 0 spiro atoms. The number of thiophene rings is 1. The van der Waals surface area contributed by atoms with Crippen LogP contribution >= 0.6 is 11.3 Å². The van der Waals surface area contributed by atoms with E-state index in [-0.39, 0.29) is 17.9 Å². The van der Waals surface area contributed by atoms with Crippen molar-refractivity contribution in [2.24, 2.45) is 5.92 Å². The monoisotopic (exact) mass is 335 g/mol. The molecule has 0 unspecified atom stereocenters. The lowest BCUT2D eigenvalue weighted by molar-refractivity contribution is -0.126. The fourth-order valence-corrected chi connectivity index (χ4v) is 3.60. The van der Waals surface area contributed by atoms with Crippen LogP contribution in [0.15, 0.2) is 26.7 Å². The maximum Gasteiger partial charge on any atom is 0.437 e. The topological polar surface area (TPSA) is 77.1 Å². The molecule has 1 N–H and O–H groups in total. The van der Waals surface area contributed by atoms with Gasteiger partial charge in [-0.15, -0.1) is 16.4 Å². The fourth-order valence-electron chi connectivity index (χ4n) is 2.95. The van der Waals surface area contributed by atoms with Crippen molar-refractivity contribution in [3.05, 3.63) is 28.1 Å². The van der Waals surface area contributed by atoms with Crippen LogP contribution in [0.5, 0.6) is 0 Å². The highest BCUT2D eigenvalue weighted by atomic mass is 32.1. The van der Waals surface area contributed by atoms with Crippen LogP contribution in [0.1, 0.15) is 39.0 Å². The summed E-state index contributed by atoms with van der Waals surface area (Å²) in [5, 5.41) is 9.10. The van der Waals surface area contributed by atoms with E-state index in [0.29, 0.717) is 12.4 Å². The van der Waals surface area contributed by atoms with Gasteiger partial charge in [-0.1, -0.05) is 25.3 Å². The summed E-state index contributed by atoms with van der Waals surface area (Å²) in [5.74, 6) is 0.0390. The Labute approximate surface area is 138 Å². The average Bonchev–Trinajstić information content (AvgIpc) is 3.18. The van der Waals surface area contributed by atoms with Crippen LogP contribution in [-0.2, 0) is 11.3 Å². The Bertz CT molecular complexity index is 698. The highest BCUT2D eigenvalue weighted by Crippen LogP contribution is 2.24. The number of nitrogens with one attached hydrogen (secondary N) is 1. The van der Waals surface area contributed by atoms with Crippen molar-refractivity contribution in [1.82, 2.24) is 15.1 Å². The maximum absolute atomic E-state index is 12.2. The Kier molecular flexibility index (Phi) is 4.95. The van der Waals surface area contributed by atoms with Crippen LogP contribution in [-0.4, -0.2) is 21.7 Å². The first kappa shape index (κ1) is 16.0. The number of hydrogen-bond donors (Lipinski definition) is 1. The summed E-state index contributed by atoms with van der Waals surface area (Å²) in [6.45, 7) is 2.19. The van der Waals surface area contributed by atoms with E-state index < -0.39 is 5.76 Å². The Balaban J connectivity index is 1.60. The third kappa shape index (κ3) is 3.90. The molecular weight excluding hydrogens is 314 g/mol. The number of nitrogens with zero attached hydrogens (tertiary/aromatic N) is 2. The summed E-state index contributed by atoms with van der Waals surface area (Å²) in [5.41, 5.74) is 0. The van der Waals surface area contributed by atoms with Crippen molar-refractivity contribution in [3.8, 4) is 10.8 Å². The van der Waals surface area contributed by atoms with E-state index in [1.54, 1.807) is 0 Å². The third-order valence-corrected chi connectivity index (χ3v) is 5.01. The molecule has 1 fully saturated rings. The second-order valence-electron chi connectivity index (χ2n) is 6.08. The molecule has 1 atom stereocenters. The molecule has 0 radical (unpaired) electrons. The van der Waals surface area contributed by atoms with Gasteiger partial charge in [0, 0.05) is 12.0 Å². The molecule has 1 aliphatic rings. The van der Waals surface area contributed by atoms with Crippen LogP contribution in [0.4, 0.5) is 0 Å². The average molecular weight is 335 g/mol. The lowest BCUT2D eigenvalue weighted by atomic mass is 9.88. The molecule has 2 aromatic heterocycles. The van der Waals surface area contributed by atoms with Crippen LogP contribution in [0.2, 0.25) is 0 Å². The standard InChI is InChI=1S/C16H21N3O3S/c1-11(17-14(20)12-6-3-2-4-7-12)10-19-16(21)22-15(18-19)13-8-5-9-23-13/h5,8-9,11-12H,2-4,6-7,10H2,1H3,(H,17,20)/t11-/m0/s1. The number of carbonyl (C=O) groups is 1. The van der Waals surface area contributed by atoms with Crippen molar-refractivity contribution in [2.75, 3.05) is 0 Å². The molecule has 124 valence electrons.